The highest BCUT2D eigenvalue weighted by Gasteiger charge is 2.08. The highest BCUT2D eigenvalue weighted by Crippen LogP contribution is 1.87. The molecule has 0 aromatic carbocycles. The van der Waals surface area contributed by atoms with Gasteiger partial charge in [0.25, 0.3) is 0 Å². The third-order valence-electron chi connectivity index (χ3n) is 1.57. The Bertz CT molecular complexity index is 198. The Balaban J connectivity index is 0. The zero-order valence-electron chi connectivity index (χ0n) is 8.72. The lowest BCUT2D eigenvalue weighted by molar-refractivity contribution is -0.141. The summed E-state index contributed by atoms with van der Waals surface area (Å²) in [7, 11) is 0. The second-order valence-electron chi connectivity index (χ2n) is 3.00. The minimum Gasteiger partial charge on any atom is -0.481 e. The second-order valence-corrected chi connectivity index (χ2v) is 3.00. The number of hydrogen-bond donors (Lipinski definition) is 5. The fourth-order valence-electron chi connectivity index (χ4n) is 0.404. The van der Waals surface area contributed by atoms with E-state index in [1.54, 1.807) is 6.92 Å². The Hall–Kier alpha value is -1.18. The SMILES string of the molecule is CC(CN)C(=O)O.NCCC(N)C(=O)O. The molecule has 0 bridgehead atoms. The fraction of sp³-hybridized carbons (Fsp3) is 0.750. The van der Waals surface area contributed by atoms with Crippen molar-refractivity contribution in [2.45, 2.75) is 19.4 Å². The number of aliphatic carboxylic acids is 2. The van der Waals surface area contributed by atoms with Crippen LogP contribution in [-0.2, 0) is 9.59 Å². The largest absolute Gasteiger partial charge is 0.481 e. The molecule has 0 aromatic heterocycles. The molecule has 0 rings (SSSR count). The number of hydrogen-bond acceptors (Lipinski definition) is 5. The van der Waals surface area contributed by atoms with Crippen LogP contribution in [0.15, 0.2) is 0 Å². The molecule has 0 saturated carbocycles. The minimum absolute atomic E-state index is 0.218. The van der Waals surface area contributed by atoms with Crippen molar-refractivity contribution in [2.75, 3.05) is 13.1 Å². The Morgan fingerprint density at radius 1 is 1.20 bits per heavy atom. The summed E-state index contributed by atoms with van der Waals surface area (Å²) in [5, 5.41) is 16.2. The van der Waals surface area contributed by atoms with E-state index in [-0.39, 0.29) is 6.54 Å². The predicted octanol–water partition coefficient (Wildman–Crippen LogP) is -1.59. The molecule has 0 aliphatic carbocycles. The van der Waals surface area contributed by atoms with Gasteiger partial charge in [0, 0.05) is 6.54 Å². The number of carboxylic acids is 2. The van der Waals surface area contributed by atoms with Gasteiger partial charge >= 0.3 is 11.9 Å². The molecule has 0 fully saturated rings. The van der Waals surface area contributed by atoms with Crippen molar-refractivity contribution in [2.24, 2.45) is 23.1 Å². The van der Waals surface area contributed by atoms with Crippen LogP contribution in [0.4, 0.5) is 0 Å². The Morgan fingerprint density at radius 2 is 1.67 bits per heavy atom. The lowest BCUT2D eigenvalue weighted by atomic mass is 10.2. The summed E-state index contributed by atoms with van der Waals surface area (Å²) >= 11 is 0. The van der Waals surface area contributed by atoms with Gasteiger partial charge in [-0.1, -0.05) is 6.92 Å². The molecule has 90 valence electrons. The van der Waals surface area contributed by atoms with Crippen LogP contribution in [0, 0.1) is 5.92 Å². The second kappa shape index (κ2) is 9.38. The summed E-state index contributed by atoms with van der Waals surface area (Å²) in [6, 6.07) is -0.792. The van der Waals surface area contributed by atoms with Crippen molar-refractivity contribution in [3.8, 4) is 0 Å². The molecular weight excluding hydrogens is 202 g/mol. The topological polar surface area (TPSA) is 153 Å². The third kappa shape index (κ3) is 10.7. The minimum atomic E-state index is -0.990. The predicted molar refractivity (Wildman–Crippen MR) is 55.1 cm³/mol. The monoisotopic (exact) mass is 221 g/mol. The summed E-state index contributed by atoms with van der Waals surface area (Å²) in [5.41, 5.74) is 15.1. The summed E-state index contributed by atoms with van der Waals surface area (Å²) in [6.07, 6.45) is 0.343. The average Bonchev–Trinajstić information content (AvgIpc) is 2.17. The van der Waals surface area contributed by atoms with E-state index in [1.165, 1.54) is 0 Å². The molecule has 0 radical (unpaired) electrons. The van der Waals surface area contributed by atoms with Crippen LogP contribution in [0.1, 0.15) is 13.3 Å². The molecule has 0 spiro atoms. The maximum Gasteiger partial charge on any atom is 0.320 e. The molecule has 7 heteroatoms. The first-order chi connectivity index (χ1) is 6.86. The van der Waals surface area contributed by atoms with Gasteiger partial charge in [-0.3, -0.25) is 9.59 Å². The molecule has 0 aliphatic rings. The van der Waals surface area contributed by atoms with Crippen molar-refractivity contribution in [1.82, 2.24) is 0 Å². The van der Waals surface area contributed by atoms with E-state index in [0.29, 0.717) is 13.0 Å². The molecule has 0 aromatic rings. The van der Waals surface area contributed by atoms with E-state index < -0.39 is 23.9 Å². The van der Waals surface area contributed by atoms with Crippen molar-refractivity contribution in [1.29, 1.82) is 0 Å². The average molecular weight is 221 g/mol. The van der Waals surface area contributed by atoms with Crippen molar-refractivity contribution in [3.63, 3.8) is 0 Å². The summed E-state index contributed by atoms with van der Waals surface area (Å²) in [4.78, 5) is 19.8. The van der Waals surface area contributed by atoms with Crippen LogP contribution >= 0.6 is 0 Å². The van der Waals surface area contributed by atoms with Gasteiger partial charge in [0.15, 0.2) is 0 Å². The molecule has 15 heavy (non-hydrogen) atoms. The summed E-state index contributed by atoms with van der Waals surface area (Å²) in [5.74, 6) is -2.22. The van der Waals surface area contributed by atoms with E-state index >= 15 is 0 Å². The van der Waals surface area contributed by atoms with Gasteiger partial charge in [-0.15, -0.1) is 0 Å². The first-order valence-electron chi connectivity index (χ1n) is 4.48. The van der Waals surface area contributed by atoms with Crippen molar-refractivity contribution in [3.05, 3.63) is 0 Å². The van der Waals surface area contributed by atoms with Gasteiger partial charge in [-0.05, 0) is 13.0 Å². The van der Waals surface area contributed by atoms with Crippen molar-refractivity contribution < 1.29 is 19.8 Å². The van der Waals surface area contributed by atoms with E-state index in [4.69, 9.17) is 27.4 Å². The summed E-state index contributed by atoms with van der Waals surface area (Å²) < 4.78 is 0. The van der Waals surface area contributed by atoms with Crippen LogP contribution in [0.25, 0.3) is 0 Å². The Kier molecular flexibility index (Phi) is 10.2. The van der Waals surface area contributed by atoms with Gasteiger partial charge in [-0.2, -0.15) is 0 Å². The summed E-state index contributed by atoms with van der Waals surface area (Å²) in [6.45, 7) is 2.12. The molecule has 0 aliphatic heterocycles. The number of rotatable bonds is 5. The van der Waals surface area contributed by atoms with E-state index in [0.717, 1.165) is 0 Å². The first-order valence-corrected chi connectivity index (χ1v) is 4.48. The zero-order valence-corrected chi connectivity index (χ0v) is 8.72. The molecule has 8 N–H and O–H groups in total. The lowest BCUT2D eigenvalue weighted by Crippen LogP contribution is -2.32. The lowest BCUT2D eigenvalue weighted by Gasteiger charge is -2.00. The van der Waals surface area contributed by atoms with Gasteiger partial charge in [0.1, 0.15) is 6.04 Å². The van der Waals surface area contributed by atoms with Gasteiger partial charge < -0.3 is 27.4 Å². The Labute approximate surface area is 88.2 Å². The molecule has 2 unspecified atom stereocenters. The zero-order chi connectivity index (χ0) is 12.4. The van der Waals surface area contributed by atoms with Gasteiger partial charge in [0.05, 0.1) is 5.92 Å². The van der Waals surface area contributed by atoms with Crippen LogP contribution in [0.3, 0.4) is 0 Å². The van der Waals surface area contributed by atoms with Crippen LogP contribution in [0.2, 0.25) is 0 Å². The van der Waals surface area contributed by atoms with Crippen LogP contribution < -0.4 is 17.2 Å². The highest BCUT2D eigenvalue weighted by molar-refractivity contribution is 5.72. The van der Waals surface area contributed by atoms with E-state index in [2.05, 4.69) is 0 Å². The number of carbonyl (C=O) groups is 2. The molecular formula is C8H19N3O4. The fourth-order valence-corrected chi connectivity index (χ4v) is 0.404. The van der Waals surface area contributed by atoms with Crippen LogP contribution in [0.5, 0.6) is 0 Å². The number of carboxylic acid groups (broad SMARTS) is 2. The normalized spacial score (nSPS) is 13.3. The van der Waals surface area contributed by atoms with Crippen molar-refractivity contribution >= 4 is 11.9 Å². The van der Waals surface area contributed by atoms with Gasteiger partial charge in [0.2, 0.25) is 0 Å². The Morgan fingerprint density at radius 3 is 1.73 bits per heavy atom. The maximum absolute atomic E-state index is 9.91. The standard InChI is InChI=1S/C4H10N2O2.C4H9NO2/c5-2-1-3(6)4(7)8;1-3(2-5)4(6)7/h3H,1-2,5-6H2,(H,7,8);3H,2,5H2,1H3,(H,6,7). The first kappa shape index (κ1) is 16.3. The van der Waals surface area contributed by atoms with E-state index in [1.807, 2.05) is 0 Å². The van der Waals surface area contributed by atoms with E-state index in [9.17, 15) is 9.59 Å². The van der Waals surface area contributed by atoms with Gasteiger partial charge in [-0.25, -0.2) is 0 Å². The van der Waals surface area contributed by atoms with Crippen LogP contribution in [-0.4, -0.2) is 41.3 Å². The number of nitrogens with two attached hydrogens (primary N) is 3. The smallest absolute Gasteiger partial charge is 0.320 e. The molecule has 2 atom stereocenters. The molecule has 0 heterocycles. The quantitative estimate of drug-likeness (QED) is 0.375. The molecule has 0 amide bonds. The highest BCUT2D eigenvalue weighted by atomic mass is 16.4. The maximum atomic E-state index is 9.91. The molecule has 7 nitrogen and oxygen atoms in total. The third-order valence-corrected chi connectivity index (χ3v) is 1.57. The molecule has 0 saturated heterocycles.